The lowest BCUT2D eigenvalue weighted by molar-refractivity contribution is -0.100. The first-order chi connectivity index (χ1) is 17.0. The molecular weight excluding hydrogens is 477 g/mol. The van der Waals surface area contributed by atoms with Crippen molar-refractivity contribution in [2.45, 2.75) is 19.0 Å². The van der Waals surface area contributed by atoms with Gasteiger partial charge in [-0.05, 0) is 25.1 Å². The molecule has 2 fully saturated rings. The fraction of sp³-hybridized carbons (Fsp3) is 0.348. The van der Waals surface area contributed by atoms with E-state index in [9.17, 15) is 9.18 Å². The van der Waals surface area contributed by atoms with Crippen LogP contribution in [0.5, 0.6) is 5.75 Å². The molecule has 0 saturated carbocycles. The summed E-state index contributed by atoms with van der Waals surface area (Å²) in [5.74, 6) is -0.537. The Hall–Kier alpha value is -3.41. The Labute approximate surface area is 204 Å². The van der Waals surface area contributed by atoms with Crippen molar-refractivity contribution in [2.75, 3.05) is 32.9 Å². The van der Waals surface area contributed by atoms with Crippen molar-refractivity contribution in [2.24, 2.45) is 0 Å². The lowest BCUT2D eigenvalue weighted by atomic mass is 10.0. The normalized spacial score (nSPS) is 16.9. The molecule has 0 unspecified atom stereocenters. The molecule has 0 atom stereocenters. The highest BCUT2D eigenvalue weighted by Gasteiger charge is 2.38. The van der Waals surface area contributed by atoms with Crippen molar-refractivity contribution >= 4 is 22.9 Å². The van der Waals surface area contributed by atoms with E-state index in [1.807, 2.05) is 11.6 Å². The number of hydrogen-bond donors (Lipinski definition) is 0. The highest BCUT2D eigenvalue weighted by Crippen LogP contribution is 2.34. The number of aromatic nitrogens is 6. The zero-order valence-corrected chi connectivity index (χ0v) is 19.5. The van der Waals surface area contributed by atoms with E-state index in [4.69, 9.17) is 21.1 Å². The minimum Gasteiger partial charge on any atom is -0.483 e. The van der Waals surface area contributed by atoms with Crippen molar-refractivity contribution in [3.05, 3.63) is 59.0 Å². The van der Waals surface area contributed by atoms with E-state index in [0.29, 0.717) is 28.0 Å². The lowest BCUT2D eigenvalue weighted by Crippen LogP contribution is -2.59. The summed E-state index contributed by atoms with van der Waals surface area (Å²) in [6.07, 6.45) is 4.30. The summed E-state index contributed by atoms with van der Waals surface area (Å²) in [6, 6.07) is 5.04. The molecule has 4 aromatic heterocycles. The molecule has 6 rings (SSSR count). The minimum atomic E-state index is -0.516. The summed E-state index contributed by atoms with van der Waals surface area (Å²) in [6.45, 7) is 5.11. The topological polar surface area (TPSA) is 99.7 Å². The highest BCUT2D eigenvalue weighted by atomic mass is 35.5. The van der Waals surface area contributed by atoms with Gasteiger partial charge in [0, 0.05) is 24.8 Å². The molecule has 0 spiro atoms. The van der Waals surface area contributed by atoms with Crippen LogP contribution in [0.15, 0.2) is 36.8 Å². The monoisotopic (exact) mass is 497 g/mol. The van der Waals surface area contributed by atoms with E-state index < -0.39 is 11.6 Å². The van der Waals surface area contributed by atoms with Gasteiger partial charge in [0.05, 0.1) is 48.4 Å². The average molecular weight is 498 g/mol. The molecular formula is C23H21ClFN7O3. The fourth-order valence-electron chi connectivity index (χ4n) is 4.37. The number of nitrogens with zero attached hydrogens (tertiary/aromatic N) is 7. The molecule has 6 heterocycles. The van der Waals surface area contributed by atoms with Gasteiger partial charge in [-0.3, -0.25) is 9.69 Å². The van der Waals surface area contributed by atoms with Gasteiger partial charge < -0.3 is 9.47 Å². The second-order valence-corrected chi connectivity index (χ2v) is 9.13. The number of Topliss-reactive ketones (excluding diaryl/α,β-unsaturated/α-hetero) is 1. The maximum atomic E-state index is 13.1. The molecule has 2 saturated heterocycles. The number of halogens is 2. The van der Waals surface area contributed by atoms with Gasteiger partial charge in [-0.25, -0.2) is 18.6 Å². The maximum absolute atomic E-state index is 13.1. The molecule has 0 amide bonds. The summed E-state index contributed by atoms with van der Waals surface area (Å²) in [5, 5.41) is 13.5. The molecule has 0 aromatic carbocycles. The Balaban J connectivity index is 1.26. The van der Waals surface area contributed by atoms with Crippen molar-refractivity contribution in [1.82, 2.24) is 34.5 Å². The van der Waals surface area contributed by atoms with Crippen LogP contribution in [0.3, 0.4) is 0 Å². The third kappa shape index (κ3) is 3.95. The van der Waals surface area contributed by atoms with Crippen molar-refractivity contribution in [1.29, 1.82) is 0 Å². The molecule has 2 aliphatic heterocycles. The number of hydrogen-bond acceptors (Lipinski definition) is 8. The number of ether oxygens (including phenoxy) is 2. The third-order valence-electron chi connectivity index (χ3n) is 6.48. The first-order valence-electron chi connectivity index (χ1n) is 11.2. The first kappa shape index (κ1) is 22.1. The number of pyridine rings is 2. The molecule has 2 aliphatic rings. The van der Waals surface area contributed by atoms with Crippen LogP contribution < -0.4 is 4.74 Å². The van der Waals surface area contributed by atoms with Gasteiger partial charge in [-0.1, -0.05) is 16.8 Å². The number of fused-ring (bicyclic) bond motifs is 1. The van der Waals surface area contributed by atoms with Crippen LogP contribution in [0.4, 0.5) is 4.39 Å². The van der Waals surface area contributed by atoms with E-state index in [1.165, 1.54) is 18.3 Å². The van der Waals surface area contributed by atoms with Gasteiger partial charge in [-0.2, -0.15) is 5.10 Å². The minimum absolute atomic E-state index is 0.111. The number of ketones is 1. The van der Waals surface area contributed by atoms with E-state index in [-0.39, 0.29) is 18.3 Å². The zero-order valence-electron chi connectivity index (χ0n) is 18.8. The van der Waals surface area contributed by atoms with Crippen molar-refractivity contribution in [3.8, 4) is 17.0 Å². The largest absolute Gasteiger partial charge is 0.483 e. The summed E-state index contributed by atoms with van der Waals surface area (Å²) in [5.41, 5.74) is 2.99. The predicted octanol–water partition coefficient (Wildman–Crippen LogP) is 2.61. The molecule has 35 heavy (non-hydrogen) atoms. The van der Waals surface area contributed by atoms with Crippen LogP contribution in [0.2, 0.25) is 5.02 Å². The van der Waals surface area contributed by atoms with Gasteiger partial charge in [-0.15, -0.1) is 5.10 Å². The number of carbonyl (C=O) groups excluding carboxylic acids is 1. The van der Waals surface area contributed by atoms with Crippen LogP contribution in [-0.2, 0) is 4.74 Å². The molecule has 12 heteroatoms. The van der Waals surface area contributed by atoms with Crippen LogP contribution >= 0.6 is 11.6 Å². The smallest absolute Gasteiger partial charge is 0.218 e. The molecule has 0 bridgehead atoms. The number of likely N-dealkylation sites (tertiary alicyclic amines) is 1. The van der Waals surface area contributed by atoms with Crippen LogP contribution in [0.25, 0.3) is 16.8 Å². The summed E-state index contributed by atoms with van der Waals surface area (Å²) in [7, 11) is 0. The van der Waals surface area contributed by atoms with Crippen molar-refractivity contribution in [3.63, 3.8) is 0 Å². The Morgan fingerprint density at radius 2 is 2.09 bits per heavy atom. The number of rotatable bonds is 7. The van der Waals surface area contributed by atoms with Gasteiger partial charge in [0.1, 0.15) is 28.5 Å². The highest BCUT2D eigenvalue weighted by molar-refractivity contribution is 6.34. The number of carbonyl (C=O) groups is 1. The Morgan fingerprint density at radius 3 is 2.80 bits per heavy atom. The van der Waals surface area contributed by atoms with E-state index in [0.717, 1.165) is 43.8 Å². The Kier molecular flexibility index (Phi) is 5.47. The molecule has 10 nitrogen and oxygen atoms in total. The summed E-state index contributed by atoms with van der Waals surface area (Å²) >= 11 is 6.34. The average Bonchev–Trinajstić information content (AvgIpc) is 3.35. The summed E-state index contributed by atoms with van der Waals surface area (Å²) < 4.78 is 27.8. The Bertz CT molecular complexity index is 1410. The Morgan fingerprint density at radius 1 is 1.26 bits per heavy atom. The molecule has 0 aliphatic carbocycles. The molecule has 180 valence electrons. The SMILES string of the molecule is Cc1c(-c2cc(OCC(=O)c3ccc(F)cn3)c3c(Cl)cnn3c2)nnn1C1CN(C2COC2)C1. The first-order valence-corrected chi connectivity index (χ1v) is 11.5. The standard InChI is InChI=1S/C23H21ClFN7O3/c1-13-22(28-29-32(13)16-8-30(9-16)17-10-34-11-17)14-4-21(23-18(24)6-27-31(23)7-14)35-12-20(33)19-3-2-15(25)5-26-19/h2-7,16-17H,8-12H2,1H3. The van der Waals surface area contributed by atoms with Crippen LogP contribution in [-0.4, -0.2) is 79.2 Å². The van der Waals surface area contributed by atoms with Gasteiger partial charge >= 0.3 is 0 Å². The molecule has 4 aromatic rings. The molecule has 0 N–H and O–H groups in total. The maximum Gasteiger partial charge on any atom is 0.218 e. The zero-order chi connectivity index (χ0) is 24.1. The van der Waals surface area contributed by atoms with Crippen LogP contribution in [0, 0.1) is 12.7 Å². The van der Waals surface area contributed by atoms with Gasteiger partial charge in [0.15, 0.2) is 6.61 Å². The predicted molar refractivity (Wildman–Crippen MR) is 123 cm³/mol. The van der Waals surface area contributed by atoms with Gasteiger partial charge in [0.2, 0.25) is 5.78 Å². The quantitative estimate of drug-likeness (QED) is 0.359. The second-order valence-electron chi connectivity index (χ2n) is 8.72. The lowest BCUT2D eigenvalue weighted by Gasteiger charge is -2.47. The van der Waals surface area contributed by atoms with E-state index in [1.54, 1.807) is 16.8 Å². The summed E-state index contributed by atoms with van der Waals surface area (Å²) in [4.78, 5) is 18.7. The molecule has 0 radical (unpaired) electrons. The van der Waals surface area contributed by atoms with Crippen LogP contribution in [0.1, 0.15) is 22.2 Å². The van der Waals surface area contributed by atoms with Crippen molar-refractivity contribution < 1.29 is 18.7 Å². The second kappa shape index (κ2) is 8.67. The van der Waals surface area contributed by atoms with Gasteiger partial charge in [0.25, 0.3) is 0 Å². The van der Waals surface area contributed by atoms with E-state index >= 15 is 0 Å². The van der Waals surface area contributed by atoms with E-state index in [2.05, 4.69) is 25.3 Å². The third-order valence-corrected chi connectivity index (χ3v) is 6.75. The fourth-order valence-corrected chi connectivity index (χ4v) is 4.60.